The number of aromatic nitrogens is 2. The van der Waals surface area contributed by atoms with Crippen molar-refractivity contribution in [3.8, 4) is 17.7 Å². The molecular weight excluding hydrogens is 454 g/mol. The fraction of sp³-hybridized carbons (Fsp3) is 0.292. The molecule has 6 nitrogen and oxygen atoms in total. The number of hydrogen-bond acceptors (Lipinski definition) is 6. The summed E-state index contributed by atoms with van der Waals surface area (Å²) in [6.07, 6.45) is 3.73. The van der Waals surface area contributed by atoms with Crippen LogP contribution in [0.15, 0.2) is 53.1 Å². The first kappa shape index (κ1) is 21.1. The fourth-order valence-corrected chi connectivity index (χ4v) is 4.14. The summed E-state index contributed by atoms with van der Waals surface area (Å²) in [6.45, 7) is 5.84. The number of anilines is 2. The van der Waals surface area contributed by atoms with E-state index in [1.165, 1.54) is 5.69 Å². The molecule has 158 valence electrons. The molecule has 0 radical (unpaired) electrons. The summed E-state index contributed by atoms with van der Waals surface area (Å²) in [5.41, 5.74) is 3.67. The number of ether oxygens (including phenoxy) is 1. The summed E-state index contributed by atoms with van der Waals surface area (Å²) < 4.78 is 6.80. The maximum Gasteiger partial charge on any atom is 0.238 e. The number of nitrogens with one attached hydrogen (secondary N) is 1. The lowest BCUT2D eigenvalue weighted by Gasteiger charge is -2.34. The fourth-order valence-electron chi connectivity index (χ4n) is 3.87. The van der Waals surface area contributed by atoms with Crippen molar-refractivity contribution in [1.82, 2.24) is 9.97 Å². The van der Waals surface area contributed by atoms with Gasteiger partial charge in [0, 0.05) is 24.8 Å². The number of benzene rings is 2. The molecular formula is C24H24BrN5O. The molecule has 0 amide bonds. The first-order valence-corrected chi connectivity index (χ1v) is 11.1. The van der Waals surface area contributed by atoms with Gasteiger partial charge in [-0.3, -0.25) is 0 Å². The van der Waals surface area contributed by atoms with Crippen molar-refractivity contribution in [2.24, 2.45) is 0 Å². The molecule has 1 aliphatic rings. The van der Waals surface area contributed by atoms with Gasteiger partial charge in [0.2, 0.25) is 11.8 Å². The Bertz CT molecular complexity index is 1080. The van der Waals surface area contributed by atoms with Gasteiger partial charge in [-0.1, -0.05) is 18.2 Å². The van der Waals surface area contributed by atoms with Gasteiger partial charge in [-0.05, 0) is 78.0 Å². The van der Waals surface area contributed by atoms with Gasteiger partial charge in [-0.2, -0.15) is 10.2 Å². The molecule has 1 fully saturated rings. The van der Waals surface area contributed by atoms with Gasteiger partial charge >= 0.3 is 0 Å². The van der Waals surface area contributed by atoms with Crippen LogP contribution < -0.4 is 15.0 Å². The normalized spacial score (nSPS) is 14.2. The molecule has 7 heteroatoms. The Labute approximate surface area is 191 Å². The van der Waals surface area contributed by atoms with E-state index in [0.29, 0.717) is 33.7 Å². The summed E-state index contributed by atoms with van der Waals surface area (Å²) in [5.74, 6) is 1.72. The van der Waals surface area contributed by atoms with Crippen LogP contribution in [-0.4, -0.2) is 29.1 Å². The van der Waals surface area contributed by atoms with Crippen LogP contribution >= 0.6 is 15.9 Å². The van der Waals surface area contributed by atoms with Crippen LogP contribution in [0, 0.1) is 25.2 Å². The maximum atomic E-state index is 9.15. The van der Waals surface area contributed by atoms with Gasteiger partial charge in [0.05, 0.1) is 22.3 Å². The molecule has 3 aromatic rings. The summed E-state index contributed by atoms with van der Waals surface area (Å²) in [6, 6.07) is 16.6. The lowest BCUT2D eigenvalue weighted by molar-refractivity contribution is 0.450. The number of piperidine rings is 1. The zero-order valence-electron chi connectivity index (χ0n) is 17.6. The quantitative estimate of drug-likeness (QED) is 0.515. The molecule has 1 aliphatic heterocycles. The van der Waals surface area contributed by atoms with Crippen LogP contribution in [0.25, 0.3) is 0 Å². The predicted octanol–water partition coefficient (Wildman–Crippen LogP) is 5.60. The highest BCUT2D eigenvalue weighted by Crippen LogP contribution is 2.33. The molecule has 2 aromatic carbocycles. The molecule has 0 atom stereocenters. The molecule has 31 heavy (non-hydrogen) atoms. The largest absolute Gasteiger partial charge is 0.437 e. The van der Waals surface area contributed by atoms with E-state index >= 15 is 0 Å². The molecule has 0 aliphatic carbocycles. The van der Waals surface area contributed by atoms with Crippen molar-refractivity contribution in [2.45, 2.75) is 32.7 Å². The van der Waals surface area contributed by atoms with Crippen LogP contribution in [0.1, 0.15) is 29.5 Å². The first-order valence-electron chi connectivity index (χ1n) is 10.3. The standard InChI is InChI=1S/C24H24BrN5O/c1-16-12-18(14-26)13-17(2)22(16)31-23-21(25)15-27-24(29-23)28-19-8-10-30(11-9-19)20-6-4-3-5-7-20/h3-7,12-13,15,19H,8-11H2,1-2H3,(H,27,28,29). The van der Waals surface area contributed by atoms with Crippen molar-refractivity contribution >= 4 is 27.6 Å². The molecule has 0 unspecified atom stereocenters. The van der Waals surface area contributed by atoms with E-state index in [2.05, 4.69) is 66.4 Å². The smallest absolute Gasteiger partial charge is 0.238 e. The van der Waals surface area contributed by atoms with E-state index in [4.69, 9.17) is 10.00 Å². The Kier molecular flexibility index (Phi) is 6.38. The molecule has 1 aromatic heterocycles. The molecule has 0 spiro atoms. The number of nitriles is 1. The Morgan fingerprint density at radius 3 is 2.45 bits per heavy atom. The second-order valence-corrected chi connectivity index (χ2v) is 8.60. The minimum atomic E-state index is 0.312. The maximum absolute atomic E-state index is 9.15. The molecule has 4 rings (SSSR count). The van der Waals surface area contributed by atoms with Crippen LogP contribution in [0.3, 0.4) is 0 Å². The van der Waals surface area contributed by atoms with E-state index in [0.717, 1.165) is 37.1 Å². The molecule has 0 saturated carbocycles. The monoisotopic (exact) mass is 477 g/mol. The lowest BCUT2D eigenvalue weighted by Crippen LogP contribution is -2.39. The van der Waals surface area contributed by atoms with E-state index in [1.54, 1.807) is 6.20 Å². The number of para-hydroxylation sites is 1. The third-order valence-corrected chi connectivity index (χ3v) is 5.99. The summed E-state index contributed by atoms with van der Waals surface area (Å²) in [4.78, 5) is 11.4. The summed E-state index contributed by atoms with van der Waals surface area (Å²) in [7, 11) is 0. The Hall–Kier alpha value is -3.11. The van der Waals surface area contributed by atoms with Crippen molar-refractivity contribution in [3.63, 3.8) is 0 Å². The second-order valence-electron chi connectivity index (χ2n) is 7.74. The van der Waals surface area contributed by atoms with Crippen molar-refractivity contribution < 1.29 is 4.74 Å². The van der Waals surface area contributed by atoms with Crippen molar-refractivity contribution in [1.29, 1.82) is 5.26 Å². The molecule has 0 bridgehead atoms. The summed E-state index contributed by atoms with van der Waals surface area (Å²) >= 11 is 3.49. The molecule has 1 N–H and O–H groups in total. The number of hydrogen-bond donors (Lipinski definition) is 1. The van der Waals surface area contributed by atoms with Crippen LogP contribution in [-0.2, 0) is 0 Å². The zero-order chi connectivity index (χ0) is 21.8. The van der Waals surface area contributed by atoms with Crippen LogP contribution in [0.5, 0.6) is 11.6 Å². The van der Waals surface area contributed by atoms with Gasteiger partial charge in [-0.25, -0.2) is 4.98 Å². The second kappa shape index (κ2) is 9.36. The average Bonchev–Trinajstić information content (AvgIpc) is 2.79. The van der Waals surface area contributed by atoms with E-state index in [9.17, 15) is 0 Å². The average molecular weight is 478 g/mol. The van der Waals surface area contributed by atoms with E-state index in [-0.39, 0.29) is 0 Å². The van der Waals surface area contributed by atoms with Crippen molar-refractivity contribution in [2.75, 3.05) is 23.3 Å². The van der Waals surface area contributed by atoms with Gasteiger partial charge < -0.3 is 15.0 Å². The Morgan fingerprint density at radius 2 is 1.81 bits per heavy atom. The summed E-state index contributed by atoms with van der Waals surface area (Å²) in [5, 5.41) is 12.6. The van der Waals surface area contributed by atoms with E-state index in [1.807, 2.05) is 32.0 Å². The number of rotatable bonds is 5. The van der Waals surface area contributed by atoms with Gasteiger partial charge in [0.1, 0.15) is 5.75 Å². The third kappa shape index (κ3) is 4.97. The van der Waals surface area contributed by atoms with Crippen LogP contribution in [0.4, 0.5) is 11.6 Å². The topological polar surface area (TPSA) is 74.1 Å². The minimum absolute atomic E-state index is 0.312. The Morgan fingerprint density at radius 1 is 1.13 bits per heavy atom. The van der Waals surface area contributed by atoms with Gasteiger partial charge in [0.25, 0.3) is 0 Å². The van der Waals surface area contributed by atoms with Gasteiger partial charge in [0.15, 0.2) is 0 Å². The first-order chi connectivity index (χ1) is 15.0. The third-order valence-electron chi connectivity index (χ3n) is 5.45. The SMILES string of the molecule is Cc1cc(C#N)cc(C)c1Oc1nc(NC2CCN(c3ccccc3)CC2)ncc1Br. The van der Waals surface area contributed by atoms with E-state index < -0.39 is 0 Å². The molecule has 1 saturated heterocycles. The van der Waals surface area contributed by atoms with Crippen molar-refractivity contribution in [3.05, 3.63) is 69.8 Å². The van der Waals surface area contributed by atoms with Crippen LogP contribution in [0.2, 0.25) is 0 Å². The number of nitrogens with zero attached hydrogens (tertiary/aromatic N) is 4. The van der Waals surface area contributed by atoms with Gasteiger partial charge in [-0.15, -0.1) is 0 Å². The lowest BCUT2D eigenvalue weighted by atomic mass is 10.0. The Balaban J connectivity index is 1.44. The molecule has 2 heterocycles. The highest BCUT2D eigenvalue weighted by Gasteiger charge is 2.21. The number of halogens is 1. The highest BCUT2D eigenvalue weighted by atomic mass is 79.9. The minimum Gasteiger partial charge on any atom is -0.437 e. The number of aryl methyl sites for hydroxylation is 2. The highest BCUT2D eigenvalue weighted by molar-refractivity contribution is 9.10. The predicted molar refractivity (Wildman–Crippen MR) is 126 cm³/mol. The zero-order valence-corrected chi connectivity index (χ0v) is 19.2.